The number of hydrogen-bond donors (Lipinski definition) is 0. The predicted molar refractivity (Wildman–Crippen MR) is 69.3 cm³/mol. The SMILES string of the molecule is Cc1cc(B2OC=CO2)c(C)cc1B1OC=CO1. The van der Waals surface area contributed by atoms with E-state index < -0.39 is 0 Å². The van der Waals surface area contributed by atoms with Crippen LogP contribution < -0.4 is 10.9 Å². The van der Waals surface area contributed by atoms with Crippen molar-refractivity contribution in [2.75, 3.05) is 0 Å². The molecule has 0 bridgehead atoms. The highest BCUT2D eigenvalue weighted by Crippen LogP contribution is 2.09. The molecule has 1 aromatic carbocycles. The van der Waals surface area contributed by atoms with E-state index >= 15 is 0 Å². The van der Waals surface area contributed by atoms with Crippen LogP contribution in [0.4, 0.5) is 0 Å². The van der Waals surface area contributed by atoms with Crippen molar-refractivity contribution < 1.29 is 18.6 Å². The molecule has 0 fully saturated rings. The molecule has 4 nitrogen and oxygen atoms in total. The van der Waals surface area contributed by atoms with Gasteiger partial charge in [-0.15, -0.1) is 0 Å². The molecule has 0 radical (unpaired) electrons. The van der Waals surface area contributed by atoms with E-state index in [1.165, 1.54) is 0 Å². The maximum atomic E-state index is 5.36. The first-order valence-corrected chi connectivity index (χ1v) is 5.78. The highest BCUT2D eigenvalue weighted by atomic mass is 16.6. The van der Waals surface area contributed by atoms with E-state index in [0.29, 0.717) is 0 Å². The smallest absolute Gasteiger partial charge is 0.525 e. The van der Waals surface area contributed by atoms with E-state index in [0.717, 1.165) is 22.1 Å². The van der Waals surface area contributed by atoms with Gasteiger partial charge in [0.05, 0.1) is 25.0 Å². The molecule has 0 atom stereocenters. The van der Waals surface area contributed by atoms with Crippen LogP contribution in [-0.2, 0) is 18.6 Å². The third-order valence-electron chi connectivity index (χ3n) is 3.08. The van der Waals surface area contributed by atoms with Crippen molar-refractivity contribution in [3.63, 3.8) is 0 Å². The lowest BCUT2D eigenvalue weighted by Gasteiger charge is -2.14. The van der Waals surface area contributed by atoms with Crippen molar-refractivity contribution in [3.8, 4) is 0 Å². The average Bonchev–Trinajstić information content (AvgIpc) is 3.02. The maximum Gasteiger partial charge on any atom is 0.632 e. The van der Waals surface area contributed by atoms with Gasteiger partial charge in [-0.1, -0.05) is 12.1 Å². The van der Waals surface area contributed by atoms with Crippen LogP contribution in [0.5, 0.6) is 0 Å². The zero-order valence-electron chi connectivity index (χ0n) is 10.3. The van der Waals surface area contributed by atoms with E-state index in [1.54, 1.807) is 25.0 Å². The van der Waals surface area contributed by atoms with Crippen molar-refractivity contribution in [1.29, 1.82) is 0 Å². The van der Waals surface area contributed by atoms with E-state index in [2.05, 4.69) is 0 Å². The van der Waals surface area contributed by atoms with Crippen LogP contribution in [0.2, 0.25) is 0 Å². The summed E-state index contributed by atoms with van der Waals surface area (Å²) in [6, 6.07) is 4.10. The summed E-state index contributed by atoms with van der Waals surface area (Å²) in [5, 5.41) is 0. The van der Waals surface area contributed by atoms with Crippen LogP contribution in [0.3, 0.4) is 0 Å². The van der Waals surface area contributed by atoms with Gasteiger partial charge >= 0.3 is 14.2 Å². The normalized spacial score (nSPS) is 16.3. The van der Waals surface area contributed by atoms with Crippen molar-refractivity contribution >= 4 is 25.2 Å². The topological polar surface area (TPSA) is 36.9 Å². The van der Waals surface area contributed by atoms with Gasteiger partial charge < -0.3 is 18.6 Å². The predicted octanol–water partition coefficient (Wildman–Crippen LogP) is 0.730. The van der Waals surface area contributed by atoms with Crippen molar-refractivity contribution in [2.24, 2.45) is 0 Å². The van der Waals surface area contributed by atoms with Crippen molar-refractivity contribution in [1.82, 2.24) is 0 Å². The van der Waals surface area contributed by atoms with Crippen LogP contribution in [0.1, 0.15) is 11.1 Å². The van der Waals surface area contributed by atoms with E-state index in [1.807, 2.05) is 26.0 Å². The second-order valence-electron chi connectivity index (χ2n) is 4.32. The molecular weight excluding hydrogens is 230 g/mol. The van der Waals surface area contributed by atoms with Gasteiger partial charge in [-0.25, -0.2) is 0 Å². The summed E-state index contributed by atoms with van der Waals surface area (Å²) in [6.07, 6.45) is 6.22. The fraction of sp³-hybridized carbons (Fsp3) is 0.167. The molecule has 0 aliphatic carbocycles. The summed E-state index contributed by atoms with van der Waals surface area (Å²) < 4.78 is 21.5. The third-order valence-corrected chi connectivity index (χ3v) is 3.08. The molecule has 1 aromatic rings. The fourth-order valence-corrected chi connectivity index (χ4v) is 2.14. The molecule has 18 heavy (non-hydrogen) atoms. The number of rotatable bonds is 2. The van der Waals surface area contributed by atoms with Crippen LogP contribution in [0, 0.1) is 13.8 Å². The summed E-state index contributed by atoms with van der Waals surface area (Å²) in [6.45, 7) is 4.04. The molecule has 2 heterocycles. The Morgan fingerprint density at radius 1 is 0.667 bits per heavy atom. The summed E-state index contributed by atoms with van der Waals surface area (Å²) in [4.78, 5) is 0. The molecule has 0 amide bonds. The van der Waals surface area contributed by atoms with Crippen molar-refractivity contribution in [2.45, 2.75) is 13.8 Å². The van der Waals surface area contributed by atoms with E-state index in [9.17, 15) is 0 Å². The second kappa shape index (κ2) is 4.37. The van der Waals surface area contributed by atoms with Crippen molar-refractivity contribution in [3.05, 3.63) is 48.3 Å². The maximum absolute atomic E-state index is 5.36. The molecule has 2 aliphatic rings. The Kier molecular flexibility index (Phi) is 2.70. The summed E-state index contributed by atoms with van der Waals surface area (Å²) in [7, 11) is -0.692. The largest absolute Gasteiger partial charge is 0.632 e. The second-order valence-corrected chi connectivity index (χ2v) is 4.32. The van der Waals surface area contributed by atoms with E-state index in [-0.39, 0.29) is 14.2 Å². The molecule has 6 heteroatoms. The van der Waals surface area contributed by atoms with Gasteiger partial charge in [0, 0.05) is 10.9 Å². The first-order valence-electron chi connectivity index (χ1n) is 5.78. The van der Waals surface area contributed by atoms with Crippen LogP contribution in [0.25, 0.3) is 0 Å². The van der Waals surface area contributed by atoms with E-state index in [4.69, 9.17) is 18.6 Å². The van der Waals surface area contributed by atoms with Gasteiger partial charge in [0.25, 0.3) is 0 Å². The monoisotopic (exact) mass is 242 g/mol. The van der Waals surface area contributed by atoms with Gasteiger partial charge in [-0.2, -0.15) is 0 Å². The molecule has 0 saturated carbocycles. The first kappa shape index (κ1) is 11.1. The van der Waals surface area contributed by atoms with Crippen LogP contribution in [0.15, 0.2) is 37.2 Å². The molecule has 0 spiro atoms. The number of hydrogen-bond acceptors (Lipinski definition) is 4. The Labute approximate surface area is 106 Å². The first-order chi connectivity index (χ1) is 8.75. The Bertz CT molecular complexity index is 463. The van der Waals surface area contributed by atoms with Gasteiger partial charge in [-0.05, 0) is 25.0 Å². The van der Waals surface area contributed by atoms with Crippen LogP contribution >= 0.6 is 0 Å². The lowest BCUT2D eigenvalue weighted by Crippen LogP contribution is -2.40. The highest BCUT2D eigenvalue weighted by Gasteiger charge is 2.33. The summed E-state index contributed by atoms with van der Waals surface area (Å²) >= 11 is 0. The van der Waals surface area contributed by atoms with Gasteiger partial charge in [-0.3, -0.25) is 0 Å². The lowest BCUT2D eigenvalue weighted by molar-refractivity contribution is 0.421. The zero-order chi connectivity index (χ0) is 12.5. The molecule has 0 saturated heterocycles. The number of aryl methyl sites for hydroxylation is 2. The highest BCUT2D eigenvalue weighted by molar-refractivity contribution is 6.65. The molecule has 90 valence electrons. The van der Waals surface area contributed by atoms with Gasteiger partial charge in [0.2, 0.25) is 0 Å². The Morgan fingerprint density at radius 3 is 1.33 bits per heavy atom. The average molecular weight is 242 g/mol. The molecule has 2 aliphatic heterocycles. The minimum Gasteiger partial charge on any atom is -0.525 e. The quantitative estimate of drug-likeness (QED) is 0.716. The zero-order valence-corrected chi connectivity index (χ0v) is 10.3. The minimum atomic E-state index is -0.346. The summed E-state index contributed by atoms with van der Waals surface area (Å²) in [5.41, 5.74) is 4.21. The minimum absolute atomic E-state index is 0.346. The van der Waals surface area contributed by atoms with Gasteiger partial charge in [0.1, 0.15) is 0 Å². The summed E-state index contributed by atoms with van der Waals surface area (Å²) in [5.74, 6) is 0. The molecule has 0 unspecified atom stereocenters. The molecule has 0 aromatic heterocycles. The Hall–Kier alpha value is -1.97. The van der Waals surface area contributed by atoms with Gasteiger partial charge in [0.15, 0.2) is 0 Å². The molecular formula is C12H12B2O4. The molecule has 0 N–H and O–H groups in total. The third kappa shape index (κ3) is 1.83. The molecule has 3 rings (SSSR count). The Morgan fingerprint density at radius 2 is 1.00 bits per heavy atom. The Balaban J connectivity index is 1.92. The fourth-order valence-electron chi connectivity index (χ4n) is 2.14. The lowest BCUT2D eigenvalue weighted by atomic mass is 9.69. The standard InChI is InChI=1S/C12H12B2O4/c1-9-7-12(14-17-5-6-18-14)10(2)8-11(9)13-15-3-4-16-13/h3-8H,1-2H3. The number of benzene rings is 1. The van der Waals surface area contributed by atoms with Crippen LogP contribution in [-0.4, -0.2) is 14.2 Å².